The molecular formula is C14H21NS. The molecule has 0 aliphatic heterocycles. The molecular weight excluding hydrogens is 214 g/mol. The lowest BCUT2D eigenvalue weighted by atomic mass is 9.83. The lowest BCUT2D eigenvalue weighted by Crippen LogP contribution is -2.28. The molecule has 0 aromatic carbocycles. The number of fused-ring (bicyclic) bond motifs is 2. The molecule has 1 nitrogen and oxygen atoms in total. The Hall–Kier alpha value is -0.340. The van der Waals surface area contributed by atoms with Gasteiger partial charge in [0.2, 0.25) is 0 Å². The fourth-order valence-electron chi connectivity index (χ4n) is 3.89. The van der Waals surface area contributed by atoms with E-state index >= 15 is 0 Å². The normalized spacial score (nSPS) is 34.5. The zero-order chi connectivity index (χ0) is 11.1. The minimum atomic E-state index is 0.619. The van der Waals surface area contributed by atoms with Crippen LogP contribution in [0.3, 0.4) is 0 Å². The van der Waals surface area contributed by atoms with Crippen LogP contribution in [0, 0.1) is 24.7 Å². The number of rotatable bonds is 3. The van der Waals surface area contributed by atoms with E-state index in [1.54, 1.807) is 4.88 Å². The van der Waals surface area contributed by atoms with Gasteiger partial charge in [0.25, 0.3) is 0 Å². The smallest absolute Gasteiger partial charge is 0.0443 e. The van der Waals surface area contributed by atoms with Gasteiger partial charge < -0.3 is 5.32 Å². The minimum absolute atomic E-state index is 0.619. The average molecular weight is 235 g/mol. The molecule has 3 rings (SSSR count). The van der Waals surface area contributed by atoms with E-state index < -0.39 is 0 Å². The summed E-state index contributed by atoms with van der Waals surface area (Å²) in [5.74, 6) is 2.96. The second-order valence-electron chi connectivity index (χ2n) is 5.55. The Balaban J connectivity index is 1.81. The van der Waals surface area contributed by atoms with Crippen molar-refractivity contribution in [3.05, 3.63) is 21.9 Å². The van der Waals surface area contributed by atoms with Crippen LogP contribution in [0.5, 0.6) is 0 Å². The summed E-state index contributed by atoms with van der Waals surface area (Å²) >= 11 is 1.97. The summed E-state index contributed by atoms with van der Waals surface area (Å²) < 4.78 is 0. The van der Waals surface area contributed by atoms with E-state index in [1.165, 1.54) is 30.6 Å². The van der Waals surface area contributed by atoms with Gasteiger partial charge in [-0.3, -0.25) is 0 Å². The van der Waals surface area contributed by atoms with Gasteiger partial charge in [-0.05, 0) is 63.1 Å². The van der Waals surface area contributed by atoms with Gasteiger partial charge >= 0.3 is 0 Å². The summed E-state index contributed by atoms with van der Waals surface area (Å²) in [7, 11) is 2.13. The molecule has 2 saturated carbocycles. The predicted octanol–water partition coefficient (Wildman–Crippen LogP) is 3.75. The number of hydrogen-bond donors (Lipinski definition) is 1. The maximum Gasteiger partial charge on any atom is 0.0443 e. The van der Waals surface area contributed by atoms with Crippen LogP contribution in [-0.2, 0) is 0 Å². The van der Waals surface area contributed by atoms with Crippen molar-refractivity contribution in [2.45, 2.75) is 38.6 Å². The summed E-state index contributed by atoms with van der Waals surface area (Å²) in [6.45, 7) is 2.21. The molecule has 0 spiro atoms. The zero-order valence-corrected chi connectivity index (χ0v) is 11.0. The number of hydrogen-bond acceptors (Lipinski definition) is 2. The second-order valence-corrected chi connectivity index (χ2v) is 6.87. The molecule has 1 aromatic heterocycles. The van der Waals surface area contributed by atoms with Gasteiger partial charge in [0.05, 0.1) is 0 Å². The van der Waals surface area contributed by atoms with Gasteiger partial charge in [0, 0.05) is 15.8 Å². The largest absolute Gasteiger partial charge is 0.312 e. The Kier molecular flexibility index (Phi) is 2.80. The third kappa shape index (κ3) is 1.72. The Morgan fingerprint density at radius 3 is 2.69 bits per heavy atom. The third-order valence-electron chi connectivity index (χ3n) is 4.60. The van der Waals surface area contributed by atoms with E-state index in [-0.39, 0.29) is 0 Å². The maximum atomic E-state index is 3.57. The first-order valence-corrected chi connectivity index (χ1v) is 7.33. The molecule has 2 heteroatoms. The van der Waals surface area contributed by atoms with Crippen molar-refractivity contribution in [3.63, 3.8) is 0 Å². The highest BCUT2D eigenvalue weighted by atomic mass is 32.1. The van der Waals surface area contributed by atoms with Gasteiger partial charge in [0.15, 0.2) is 0 Å². The van der Waals surface area contributed by atoms with Crippen LogP contribution >= 0.6 is 11.3 Å². The highest BCUT2D eigenvalue weighted by Crippen LogP contribution is 2.53. The fourth-order valence-corrected chi connectivity index (χ4v) is 4.95. The van der Waals surface area contributed by atoms with E-state index in [0.717, 1.165) is 17.8 Å². The molecule has 2 fully saturated rings. The second kappa shape index (κ2) is 4.15. The van der Waals surface area contributed by atoms with Crippen LogP contribution in [0.25, 0.3) is 0 Å². The van der Waals surface area contributed by atoms with Gasteiger partial charge in [-0.1, -0.05) is 6.42 Å². The number of nitrogens with one attached hydrogen (secondary N) is 1. The fraction of sp³-hybridized carbons (Fsp3) is 0.714. The topological polar surface area (TPSA) is 12.0 Å². The summed E-state index contributed by atoms with van der Waals surface area (Å²) in [5, 5.41) is 3.57. The Labute approximate surface area is 102 Å². The molecule has 2 aliphatic rings. The lowest BCUT2D eigenvalue weighted by molar-refractivity contribution is 0.262. The Bertz CT molecular complexity index is 371. The van der Waals surface area contributed by atoms with Crippen LogP contribution in [0.4, 0.5) is 0 Å². The van der Waals surface area contributed by atoms with E-state index in [4.69, 9.17) is 0 Å². The Morgan fingerprint density at radius 2 is 2.19 bits per heavy atom. The molecule has 2 aliphatic carbocycles. The number of thiophene rings is 1. The van der Waals surface area contributed by atoms with Crippen molar-refractivity contribution >= 4 is 11.3 Å². The van der Waals surface area contributed by atoms with Crippen LogP contribution < -0.4 is 5.32 Å². The van der Waals surface area contributed by atoms with E-state index in [9.17, 15) is 0 Å². The van der Waals surface area contributed by atoms with E-state index in [1.807, 2.05) is 11.3 Å². The van der Waals surface area contributed by atoms with Crippen molar-refractivity contribution < 1.29 is 0 Å². The maximum absolute atomic E-state index is 3.57. The monoisotopic (exact) mass is 235 g/mol. The van der Waals surface area contributed by atoms with E-state index in [0.29, 0.717) is 6.04 Å². The van der Waals surface area contributed by atoms with Crippen LogP contribution in [0.2, 0.25) is 0 Å². The average Bonchev–Trinajstić information content (AvgIpc) is 2.96. The van der Waals surface area contributed by atoms with Crippen molar-refractivity contribution in [1.29, 1.82) is 0 Å². The molecule has 1 N–H and O–H groups in total. The van der Waals surface area contributed by atoms with Crippen LogP contribution in [-0.4, -0.2) is 7.05 Å². The molecule has 0 amide bonds. The van der Waals surface area contributed by atoms with Crippen molar-refractivity contribution in [3.8, 4) is 0 Å². The van der Waals surface area contributed by atoms with Gasteiger partial charge in [-0.2, -0.15) is 0 Å². The molecule has 4 unspecified atom stereocenters. The molecule has 1 heterocycles. The summed E-state index contributed by atoms with van der Waals surface area (Å²) in [6.07, 6.45) is 5.96. The Morgan fingerprint density at radius 1 is 1.31 bits per heavy atom. The first-order chi connectivity index (χ1) is 7.78. The molecule has 88 valence electrons. The lowest BCUT2D eigenvalue weighted by Gasteiger charge is -2.29. The number of aryl methyl sites for hydroxylation is 1. The van der Waals surface area contributed by atoms with Crippen LogP contribution in [0.1, 0.15) is 41.5 Å². The SMILES string of the molecule is CNC(c1ccc(C)s1)C1CC2CCC1C2. The van der Waals surface area contributed by atoms with Gasteiger partial charge in [0.1, 0.15) is 0 Å². The van der Waals surface area contributed by atoms with Gasteiger partial charge in [-0.25, -0.2) is 0 Å². The third-order valence-corrected chi connectivity index (χ3v) is 5.68. The van der Waals surface area contributed by atoms with Crippen LogP contribution in [0.15, 0.2) is 12.1 Å². The highest BCUT2D eigenvalue weighted by molar-refractivity contribution is 7.12. The molecule has 16 heavy (non-hydrogen) atoms. The molecule has 4 atom stereocenters. The van der Waals surface area contributed by atoms with Gasteiger partial charge in [-0.15, -0.1) is 11.3 Å². The summed E-state index contributed by atoms with van der Waals surface area (Å²) in [5.41, 5.74) is 0. The molecule has 1 aromatic rings. The minimum Gasteiger partial charge on any atom is -0.312 e. The first-order valence-electron chi connectivity index (χ1n) is 6.51. The quantitative estimate of drug-likeness (QED) is 0.841. The van der Waals surface area contributed by atoms with Crippen molar-refractivity contribution in [2.24, 2.45) is 17.8 Å². The van der Waals surface area contributed by atoms with Crippen molar-refractivity contribution in [1.82, 2.24) is 5.32 Å². The first kappa shape index (κ1) is 10.8. The molecule has 0 saturated heterocycles. The highest BCUT2D eigenvalue weighted by Gasteiger charge is 2.43. The zero-order valence-electron chi connectivity index (χ0n) is 10.2. The molecule has 2 bridgehead atoms. The van der Waals surface area contributed by atoms with Crippen molar-refractivity contribution in [2.75, 3.05) is 7.05 Å². The summed E-state index contributed by atoms with van der Waals surface area (Å²) in [6, 6.07) is 5.21. The molecule has 0 radical (unpaired) electrons. The standard InChI is InChI=1S/C14H21NS/c1-9-3-6-13(16-9)14(15-2)12-8-10-4-5-11(12)7-10/h3,6,10-12,14-15H,4-5,7-8H2,1-2H3. The predicted molar refractivity (Wildman–Crippen MR) is 69.8 cm³/mol. The van der Waals surface area contributed by atoms with E-state index in [2.05, 4.69) is 31.4 Å². The summed E-state index contributed by atoms with van der Waals surface area (Å²) in [4.78, 5) is 3.00.